The van der Waals surface area contributed by atoms with Gasteiger partial charge in [-0.3, -0.25) is 0 Å². The predicted molar refractivity (Wildman–Crippen MR) is 123 cm³/mol. The van der Waals surface area contributed by atoms with Gasteiger partial charge in [-0.15, -0.1) is 0 Å². The second-order valence-corrected chi connectivity index (χ2v) is 11.6. The molecular formula is C22H21BrFNO5S2. The van der Waals surface area contributed by atoms with Crippen molar-refractivity contribution in [2.24, 2.45) is 0 Å². The summed E-state index contributed by atoms with van der Waals surface area (Å²) in [6, 6.07) is 13.7. The number of sulfonamides is 1. The highest BCUT2D eigenvalue weighted by Crippen LogP contribution is 2.26. The van der Waals surface area contributed by atoms with E-state index in [1.165, 1.54) is 19.2 Å². The fraction of sp³-hybridized carbons (Fsp3) is 0.182. The molecule has 32 heavy (non-hydrogen) atoms. The zero-order valence-electron chi connectivity index (χ0n) is 17.3. The summed E-state index contributed by atoms with van der Waals surface area (Å²) in [5.41, 5.74) is 1.21. The highest BCUT2D eigenvalue weighted by molar-refractivity contribution is 9.10. The van der Waals surface area contributed by atoms with Crippen molar-refractivity contribution in [1.29, 1.82) is 0 Å². The molecule has 0 heterocycles. The summed E-state index contributed by atoms with van der Waals surface area (Å²) >= 11 is 3.38. The first kappa shape index (κ1) is 24.4. The van der Waals surface area contributed by atoms with E-state index in [2.05, 4.69) is 20.7 Å². The third-order valence-corrected chi connectivity index (χ3v) is 8.68. The molecule has 0 aliphatic carbocycles. The molecule has 0 saturated heterocycles. The van der Waals surface area contributed by atoms with Crippen molar-refractivity contribution in [2.75, 3.05) is 13.7 Å². The SMILES string of the molecule is COc1ccc(Br)cc1CCNS(=O)(=O)c1cc(S(=O)(=O)c2ccc(F)cc2)ccc1C. The van der Waals surface area contributed by atoms with E-state index in [0.29, 0.717) is 17.7 Å². The van der Waals surface area contributed by atoms with Crippen LogP contribution < -0.4 is 9.46 Å². The van der Waals surface area contributed by atoms with Crippen molar-refractivity contribution in [3.8, 4) is 5.75 Å². The average molecular weight is 542 g/mol. The number of hydrogen-bond acceptors (Lipinski definition) is 5. The Kier molecular flexibility index (Phi) is 7.39. The fourth-order valence-electron chi connectivity index (χ4n) is 3.13. The zero-order valence-corrected chi connectivity index (χ0v) is 20.5. The first-order valence-electron chi connectivity index (χ1n) is 9.48. The molecule has 3 aromatic carbocycles. The van der Waals surface area contributed by atoms with Crippen LogP contribution in [-0.2, 0) is 26.3 Å². The van der Waals surface area contributed by atoms with Crippen LogP contribution in [0.3, 0.4) is 0 Å². The lowest BCUT2D eigenvalue weighted by Crippen LogP contribution is -2.27. The molecule has 0 unspecified atom stereocenters. The predicted octanol–water partition coefficient (Wildman–Crippen LogP) is 4.26. The van der Waals surface area contributed by atoms with Gasteiger partial charge in [-0.05, 0) is 79.1 Å². The van der Waals surface area contributed by atoms with Crippen LogP contribution >= 0.6 is 15.9 Å². The van der Waals surface area contributed by atoms with Crippen LogP contribution in [-0.4, -0.2) is 30.5 Å². The second kappa shape index (κ2) is 9.70. The number of sulfone groups is 1. The smallest absolute Gasteiger partial charge is 0.240 e. The molecule has 3 rings (SSSR count). The Morgan fingerprint density at radius 2 is 1.59 bits per heavy atom. The summed E-state index contributed by atoms with van der Waals surface area (Å²) in [4.78, 5) is -0.452. The maximum absolute atomic E-state index is 13.2. The Hall–Kier alpha value is -2.27. The first-order chi connectivity index (χ1) is 15.0. The van der Waals surface area contributed by atoms with Crippen LogP contribution in [0.5, 0.6) is 5.75 Å². The van der Waals surface area contributed by atoms with Crippen molar-refractivity contribution >= 4 is 35.8 Å². The van der Waals surface area contributed by atoms with Crippen LogP contribution in [0.4, 0.5) is 4.39 Å². The monoisotopic (exact) mass is 541 g/mol. The van der Waals surface area contributed by atoms with Gasteiger partial charge in [0, 0.05) is 11.0 Å². The van der Waals surface area contributed by atoms with Gasteiger partial charge in [0.05, 0.1) is 21.8 Å². The highest BCUT2D eigenvalue weighted by Gasteiger charge is 2.23. The number of halogens is 2. The molecule has 0 aromatic heterocycles. The van der Waals surface area contributed by atoms with Crippen LogP contribution in [0, 0.1) is 12.7 Å². The maximum atomic E-state index is 13.2. The van der Waals surface area contributed by atoms with E-state index in [1.54, 1.807) is 13.0 Å². The number of methoxy groups -OCH3 is 1. The van der Waals surface area contributed by atoms with Gasteiger partial charge in [0.25, 0.3) is 0 Å². The molecule has 10 heteroatoms. The van der Waals surface area contributed by atoms with Crippen molar-refractivity contribution in [3.63, 3.8) is 0 Å². The van der Waals surface area contributed by atoms with E-state index in [4.69, 9.17) is 4.74 Å². The third kappa shape index (κ3) is 5.37. The molecule has 0 amide bonds. The lowest BCUT2D eigenvalue weighted by atomic mass is 10.1. The molecule has 6 nitrogen and oxygen atoms in total. The molecule has 1 N–H and O–H groups in total. The first-order valence-corrected chi connectivity index (χ1v) is 13.2. The van der Waals surface area contributed by atoms with E-state index in [9.17, 15) is 21.2 Å². The van der Waals surface area contributed by atoms with Crippen LogP contribution in [0.25, 0.3) is 0 Å². The van der Waals surface area contributed by atoms with Crippen LogP contribution in [0.15, 0.2) is 79.8 Å². The van der Waals surface area contributed by atoms with Crippen LogP contribution in [0.1, 0.15) is 11.1 Å². The normalized spacial score (nSPS) is 12.0. The van der Waals surface area contributed by atoms with E-state index in [-0.39, 0.29) is 21.2 Å². The number of rotatable bonds is 8. The number of ether oxygens (including phenoxy) is 1. The molecule has 170 valence electrons. The number of benzene rings is 3. The molecule has 0 spiro atoms. The second-order valence-electron chi connectivity index (χ2n) is 6.99. The molecule has 0 saturated carbocycles. The minimum absolute atomic E-state index is 0.0868. The summed E-state index contributed by atoms with van der Waals surface area (Å²) in [5, 5.41) is 0. The van der Waals surface area contributed by atoms with Crippen LogP contribution in [0.2, 0.25) is 0 Å². The summed E-state index contributed by atoms with van der Waals surface area (Å²) in [5.74, 6) is 0.0679. The Morgan fingerprint density at radius 3 is 2.25 bits per heavy atom. The van der Waals surface area contributed by atoms with Crippen molar-refractivity contribution in [1.82, 2.24) is 4.72 Å². The minimum atomic E-state index is -4.01. The summed E-state index contributed by atoms with van der Waals surface area (Å²) in [6.45, 7) is 1.67. The minimum Gasteiger partial charge on any atom is -0.496 e. The standard InChI is InChI=1S/C22H21BrFNO5S2/c1-15-3-7-20(31(26,27)19-8-5-18(24)6-9-19)14-22(15)32(28,29)25-12-11-16-13-17(23)4-10-21(16)30-2/h3-10,13-14,25H,11-12H2,1-2H3. The van der Waals surface area contributed by atoms with Gasteiger partial charge in [0.2, 0.25) is 19.9 Å². The van der Waals surface area contributed by atoms with Crippen molar-refractivity contribution < 1.29 is 26.0 Å². The van der Waals surface area contributed by atoms with Crippen molar-refractivity contribution in [3.05, 3.63) is 82.1 Å². The zero-order chi connectivity index (χ0) is 23.5. The van der Waals surface area contributed by atoms with E-state index >= 15 is 0 Å². The fourth-order valence-corrected chi connectivity index (χ4v) is 6.20. The lowest BCUT2D eigenvalue weighted by Gasteiger charge is -2.13. The van der Waals surface area contributed by atoms with E-state index in [0.717, 1.165) is 40.4 Å². The van der Waals surface area contributed by atoms with E-state index in [1.807, 2.05) is 12.1 Å². The average Bonchev–Trinajstić information content (AvgIpc) is 2.74. The quantitative estimate of drug-likeness (QED) is 0.430. The molecule has 0 radical (unpaired) electrons. The number of nitrogens with one attached hydrogen (secondary N) is 1. The molecule has 0 fully saturated rings. The molecule has 0 aliphatic rings. The summed E-state index contributed by atoms with van der Waals surface area (Å²) in [7, 11) is -6.47. The molecule has 0 atom stereocenters. The van der Waals surface area contributed by atoms with Gasteiger partial charge >= 0.3 is 0 Å². The highest BCUT2D eigenvalue weighted by atomic mass is 79.9. The largest absolute Gasteiger partial charge is 0.496 e. The molecular weight excluding hydrogens is 521 g/mol. The third-order valence-electron chi connectivity index (χ3n) is 4.81. The Bertz CT molecular complexity index is 1340. The van der Waals surface area contributed by atoms with Gasteiger partial charge in [0.15, 0.2) is 0 Å². The Balaban J connectivity index is 1.85. The maximum Gasteiger partial charge on any atom is 0.240 e. The van der Waals surface area contributed by atoms with Gasteiger partial charge in [0.1, 0.15) is 11.6 Å². The van der Waals surface area contributed by atoms with Gasteiger partial charge in [-0.1, -0.05) is 22.0 Å². The summed E-state index contributed by atoms with van der Waals surface area (Å²) < 4.78 is 73.4. The topological polar surface area (TPSA) is 89.5 Å². The summed E-state index contributed by atoms with van der Waals surface area (Å²) in [6.07, 6.45) is 0.370. The molecule has 3 aromatic rings. The number of hydrogen-bond donors (Lipinski definition) is 1. The molecule has 0 aliphatic heterocycles. The van der Waals surface area contributed by atoms with Gasteiger partial charge in [-0.25, -0.2) is 25.9 Å². The van der Waals surface area contributed by atoms with E-state index < -0.39 is 25.7 Å². The van der Waals surface area contributed by atoms with Gasteiger partial charge < -0.3 is 4.74 Å². The molecule has 0 bridgehead atoms. The Labute approximate surface area is 195 Å². The van der Waals surface area contributed by atoms with Crippen molar-refractivity contribution in [2.45, 2.75) is 28.0 Å². The Morgan fingerprint density at radius 1 is 0.938 bits per heavy atom. The van der Waals surface area contributed by atoms with Gasteiger partial charge in [-0.2, -0.15) is 0 Å². The number of aryl methyl sites for hydroxylation is 1. The lowest BCUT2D eigenvalue weighted by molar-refractivity contribution is 0.409.